The third-order valence-corrected chi connectivity index (χ3v) is 6.26. The normalized spacial score (nSPS) is 31.0. The van der Waals surface area contributed by atoms with Crippen molar-refractivity contribution in [1.29, 1.82) is 0 Å². The zero-order chi connectivity index (χ0) is 22.0. The molecule has 31 heavy (non-hydrogen) atoms. The Bertz CT molecular complexity index is 871. The van der Waals surface area contributed by atoms with Crippen LogP contribution in [0, 0.1) is 0 Å². The molecule has 7 nitrogen and oxygen atoms in total. The van der Waals surface area contributed by atoms with Gasteiger partial charge in [0.2, 0.25) is 0 Å². The summed E-state index contributed by atoms with van der Waals surface area (Å²) in [4.78, 5) is 0. The Kier molecular flexibility index (Phi) is 7.13. The molecule has 2 saturated heterocycles. The van der Waals surface area contributed by atoms with Gasteiger partial charge >= 0.3 is 0 Å². The monoisotopic (exact) mass is 449 g/mol. The Morgan fingerprint density at radius 2 is 1.87 bits per heavy atom. The van der Waals surface area contributed by atoms with E-state index in [2.05, 4.69) is 0 Å². The molecule has 0 amide bonds. The van der Waals surface area contributed by atoms with Crippen molar-refractivity contribution in [2.75, 3.05) is 19.8 Å². The van der Waals surface area contributed by atoms with Crippen LogP contribution in [-0.2, 0) is 15.9 Å². The summed E-state index contributed by atoms with van der Waals surface area (Å²) in [5, 5.41) is 30.7. The van der Waals surface area contributed by atoms with E-state index in [9.17, 15) is 15.3 Å². The van der Waals surface area contributed by atoms with Crippen molar-refractivity contribution < 1.29 is 29.5 Å². The van der Waals surface area contributed by atoms with Crippen LogP contribution >= 0.6 is 11.6 Å². The van der Waals surface area contributed by atoms with E-state index in [0.29, 0.717) is 23.6 Å². The van der Waals surface area contributed by atoms with E-state index < -0.39 is 30.5 Å². The minimum atomic E-state index is -1.14. The van der Waals surface area contributed by atoms with Gasteiger partial charge in [0.05, 0.1) is 25.9 Å². The summed E-state index contributed by atoms with van der Waals surface area (Å²) in [6.07, 6.45) is -2.29. The molecule has 2 aliphatic rings. The molecule has 2 aliphatic heterocycles. The van der Waals surface area contributed by atoms with Crippen molar-refractivity contribution in [3.05, 3.63) is 64.2 Å². The fourth-order valence-corrected chi connectivity index (χ4v) is 4.22. The molecule has 0 aliphatic carbocycles. The zero-order valence-electron chi connectivity index (χ0n) is 17.1. The van der Waals surface area contributed by atoms with Crippen molar-refractivity contribution in [2.24, 2.45) is 5.73 Å². The van der Waals surface area contributed by atoms with Gasteiger partial charge in [-0.15, -0.1) is 0 Å². The topological polar surface area (TPSA) is 114 Å². The molecule has 0 radical (unpaired) electrons. The Hall–Kier alpha value is -1.71. The van der Waals surface area contributed by atoms with Gasteiger partial charge < -0.3 is 35.3 Å². The second-order valence-corrected chi connectivity index (χ2v) is 8.52. The number of benzene rings is 2. The number of halogens is 1. The van der Waals surface area contributed by atoms with Crippen LogP contribution in [0.1, 0.15) is 29.2 Å². The van der Waals surface area contributed by atoms with Gasteiger partial charge in [-0.1, -0.05) is 35.9 Å². The lowest BCUT2D eigenvalue weighted by atomic mass is 9.89. The predicted octanol–water partition coefficient (Wildman–Crippen LogP) is 1.58. The van der Waals surface area contributed by atoms with Crippen LogP contribution in [-0.4, -0.2) is 65.6 Å². The molecular weight excluding hydrogens is 422 g/mol. The second-order valence-electron chi connectivity index (χ2n) is 8.11. The highest BCUT2D eigenvalue weighted by Gasteiger charge is 2.43. The minimum Gasteiger partial charge on any atom is -0.488 e. The van der Waals surface area contributed by atoms with Crippen molar-refractivity contribution in [3.8, 4) is 5.75 Å². The fourth-order valence-electron chi connectivity index (χ4n) is 4.04. The number of rotatable bonds is 6. The van der Waals surface area contributed by atoms with Crippen molar-refractivity contribution >= 4 is 11.6 Å². The molecule has 2 fully saturated rings. The van der Waals surface area contributed by atoms with Gasteiger partial charge in [-0.2, -0.15) is 0 Å². The summed E-state index contributed by atoms with van der Waals surface area (Å²) in [6, 6.07) is 12.3. The van der Waals surface area contributed by atoms with E-state index in [1.165, 1.54) is 0 Å². The quantitative estimate of drug-likeness (QED) is 0.529. The lowest BCUT2D eigenvalue weighted by Crippen LogP contribution is -2.59. The molecule has 6 atom stereocenters. The predicted molar refractivity (Wildman–Crippen MR) is 115 cm³/mol. The molecule has 0 saturated carbocycles. The van der Waals surface area contributed by atoms with E-state index >= 15 is 0 Å². The van der Waals surface area contributed by atoms with Gasteiger partial charge in [-0.25, -0.2) is 0 Å². The summed E-state index contributed by atoms with van der Waals surface area (Å²) in [5.74, 6) is 0.806. The highest BCUT2D eigenvalue weighted by molar-refractivity contribution is 6.31. The molecule has 8 heteroatoms. The average Bonchev–Trinajstić information content (AvgIpc) is 3.28. The number of aliphatic hydroxyl groups excluding tert-OH is 3. The van der Waals surface area contributed by atoms with E-state index in [1.807, 2.05) is 30.3 Å². The molecular formula is C23H28ClNO6. The number of nitrogens with two attached hydrogens (primary N) is 1. The third kappa shape index (κ3) is 5.04. The van der Waals surface area contributed by atoms with Gasteiger partial charge in [-0.3, -0.25) is 0 Å². The van der Waals surface area contributed by atoms with E-state index in [4.69, 9.17) is 31.5 Å². The zero-order valence-corrected chi connectivity index (χ0v) is 17.8. The van der Waals surface area contributed by atoms with Crippen LogP contribution in [0.2, 0.25) is 5.02 Å². The molecule has 2 heterocycles. The van der Waals surface area contributed by atoms with Crippen LogP contribution in [0.15, 0.2) is 42.5 Å². The van der Waals surface area contributed by atoms with Crippen LogP contribution in [0.3, 0.4) is 0 Å². The average molecular weight is 450 g/mol. The lowest BCUT2D eigenvalue weighted by molar-refractivity contribution is -0.191. The SMILES string of the molecule is N[C@@H]1[C@@H](O)[C@H](c2ccc(Cl)c(Cc3ccc(OC4CCOC4)cc3)c2)O[C@H](CO)[C@H]1O. The number of hydrogen-bond acceptors (Lipinski definition) is 7. The Labute approximate surface area is 186 Å². The largest absolute Gasteiger partial charge is 0.488 e. The van der Waals surface area contributed by atoms with Crippen LogP contribution in [0.4, 0.5) is 0 Å². The maximum atomic E-state index is 10.5. The maximum absolute atomic E-state index is 10.5. The standard InChI is InChI=1S/C23H28ClNO6/c24-18-6-3-14(23-22(28)20(25)21(27)19(11-26)31-23)10-15(18)9-13-1-4-16(5-2-13)30-17-7-8-29-12-17/h1-6,10,17,19-23,26-28H,7-9,11-12,25H2/t17?,19-,20+,21-,22-,23+/m1/s1. The molecule has 168 valence electrons. The summed E-state index contributed by atoms with van der Waals surface area (Å²) in [6.45, 7) is 0.969. The summed E-state index contributed by atoms with van der Waals surface area (Å²) in [5.41, 5.74) is 8.56. The first-order chi connectivity index (χ1) is 15.0. The van der Waals surface area contributed by atoms with Gasteiger partial charge in [0.25, 0.3) is 0 Å². The highest BCUT2D eigenvalue weighted by atomic mass is 35.5. The van der Waals surface area contributed by atoms with Crippen LogP contribution < -0.4 is 10.5 Å². The van der Waals surface area contributed by atoms with Gasteiger partial charge in [-0.05, 0) is 41.3 Å². The highest BCUT2D eigenvalue weighted by Crippen LogP contribution is 2.34. The molecule has 1 unspecified atom stereocenters. The second kappa shape index (κ2) is 9.83. The first kappa shape index (κ1) is 22.5. The Morgan fingerprint density at radius 3 is 2.55 bits per heavy atom. The molecule has 4 rings (SSSR count). The molecule has 0 spiro atoms. The smallest absolute Gasteiger partial charge is 0.124 e. The molecule has 2 aromatic carbocycles. The van der Waals surface area contributed by atoms with Crippen molar-refractivity contribution in [1.82, 2.24) is 0 Å². The van der Waals surface area contributed by atoms with Gasteiger partial charge in [0, 0.05) is 11.4 Å². The first-order valence-corrected chi connectivity index (χ1v) is 10.8. The first-order valence-electron chi connectivity index (χ1n) is 10.5. The third-order valence-electron chi connectivity index (χ3n) is 5.89. The maximum Gasteiger partial charge on any atom is 0.124 e. The van der Waals surface area contributed by atoms with Gasteiger partial charge in [0.1, 0.15) is 36.3 Å². The Balaban J connectivity index is 1.49. The number of aliphatic hydroxyl groups is 3. The van der Waals surface area contributed by atoms with E-state index in [-0.39, 0.29) is 12.7 Å². The number of ether oxygens (including phenoxy) is 3. The van der Waals surface area contributed by atoms with Crippen molar-refractivity contribution in [2.45, 2.75) is 49.4 Å². The van der Waals surface area contributed by atoms with Gasteiger partial charge in [0.15, 0.2) is 0 Å². The van der Waals surface area contributed by atoms with Crippen molar-refractivity contribution in [3.63, 3.8) is 0 Å². The van der Waals surface area contributed by atoms with E-state index in [1.54, 1.807) is 12.1 Å². The molecule has 0 aromatic heterocycles. The lowest BCUT2D eigenvalue weighted by Gasteiger charge is -2.41. The van der Waals surface area contributed by atoms with E-state index in [0.717, 1.165) is 29.9 Å². The summed E-state index contributed by atoms with van der Waals surface area (Å²) in [7, 11) is 0. The van der Waals surface area contributed by atoms with Crippen LogP contribution in [0.5, 0.6) is 5.75 Å². The van der Waals surface area contributed by atoms with Crippen LogP contribution in [0.25, 0.3) is 0 Å². The summed E-state index contributed by atoms with van der Waals surface area (Å²) < 4.78 is 17.0. The fraction of sp³-hybridized carbons (Fsp3) is 0.478. The Morgan fingerprint density at radius 1 is 1.10 bits per heavy atom. The molecule has 5 N–H and O–H groups in total. The summed E-state index contributed by atoms with van der Waals surface area (Å²) >= 11 is 6.43. The number of hydrogen-bond donors (Lipinski definition) is 4. The molecule has 2 aromatic rings. The minimum absolute atomic E-state index is 0.103. The molecule has 0 bridgehead atoms.